The van der Waals surface area contributed by atoms with Crippen molar-refractivity contribution in [2.75, 3.05) is 23.4 Å². The average Bonchev–Trinajstić information content (AvgIpc) is 2.70. The van der Waals surface area contributed by atoms with Crippen LogP contribution in [0.5, 0.6) is 0 Å². The lowest BCUT2D eigenvalue weighted by Gasteiger charge is -2.21. The van der Waals surface area contributed by atoms with Gasteiger partial charge in [0.25, 0.3) is 5.91 Å². The summed E-state index contributed by atoms with van der Waals surface area (Å²) in [7, 11) is 0. The van der Waals surface area contributed by atoms with Gasteiger partial charge in [-0.15, -0.1) is 23.5 Å². The minimum Gasteiger partial charge on any atom is -0.452 e. The summed E-state index contributed by atoms with van der Waals surface area (Å²) >= 11 is 3.83. The number of amides is 1. The molecule has 1 aliphatic heterocycles. The van der Waals surface area contributed by atoms with E-state index in [-0.39, 0.29) is 0 Å². The van der Waals surface area contributed by atoms with Crippen LogP contribution in [0.15, 0.2) is 42.5 Å². The fraction of sp³-hybridized carbons (Fsp3) is 0.300. The molecule has 2 aromatic rings. The second kappa shape index (κ2) is 9.28. The fourth-order valence-corrected chi connectivity index (χ4v) is 5.43. The molecule has 0 radical (unpaired) electrons. The first-order valence-electron chi connectivity index (χ1n) is 8.59. The number of carbonyl (C=O) groups is 2. The molecule has 1 fully saturated rings. The third kappa shape index (κ3) is 5.49. The molecule has 7 heteroatoms. The molecule has 1 aliphatic rings. The Morgan fingerprint density at radius 1 is 1.15 bits per heavy atom. The van der Waals surface area contributed by atoms with Gasteiger partial charge in [0.2, 0.25) is 0 Å². The van der Waals surface area contributed by atoms with Crippen molar-refractivity contribution in [1.29, 1.82) is 0 Å². The number of aryl methyl sites for hydroxylation is 1. The number of hydrogen-bond donors (Lipinski definition) is 1. The van der Waals surface area contributed by atoms with E-state index < -0.39 is 24.3 Å². The summed E-state index contributed by atoms with van der Waals surface area (Å²) < 4.78 is 18.9. The first kappa shape index (κ1) is 19.8. The van der Waals surface area contributed by atoms with E-state index in [0.29, 0.717) is 21.4 Å². The highest BCUT2D eigenvalue weighted by molar-refractivity contribution is 8.16. The van der Waals surface area contributed by atoms with Gasteiger partial charge in [0.15, 0.2) is 6.61 Å². The van der Waals surface area contributed by atoms with Crippen LogP contribution in [0.2, 0.25) is 0 Å². The molecule has 142 valence electrons. The van der Waals surface area contributed by atoms with Crippen molar-refractivity contribution in [3.63, 3.8) is 0 Å². The molecule has 1 heterocycles. The Labute approximate surface area is 166 Å². The van der Waals surface area contributed by atoms with E-state index in [2.05, 4.69) is 5.32 Å². The second-order valence-corrected chi connectivity index (χ2v) is 8.86. The molecule has 0 aromatic heterocycles. The number of esters is 1. The molecule has 0 saturated carbocycles. The molecule has 1 amide bonds. The van der Waals surface area contributed by atoms with Crippen LogP contribution in [-0.2, 0) is 9.53 Å². The van der Waals surface area contributed by atoms with Gasteiger partial charge in [0.1, 0.15) is 5.82 Å². The van der Waals surface area contributed by atoms with Crippen molar-refractivity contribution in [3.05, 3.63) is 65.0 Å². The maximum Gasteiger partial charge on any atom is 0.338 e. The number of anilines is 1. The normalized spacial score (nSPS) is 14.6. The SMILES string of the molecule is Cc1ccc(NC(=O)COC(=O)c2ccc(C3SCCCS3)cc2)cc1F. The van der Waals surface area contributed by atoms with E-state index in [4.69, 9.17) is 4.74 Å². The number of nitrogens with one attached hydrogen (secondary N) is 1. The van der Waals surface area contributed by atoms with Gasteiger partial charge < -0.3 is 10.1 Å². The zero-order valence-electron chi connectivity index (χ0n) is 14.9. The first-order valence-corrected chi connectivity index (χ1v) is 10.7. The molecule has 1 N–H and O–H groups in total. The molecule has 3 rings (SSSR count). The van der Waals surface area contributed by atoms with Crippen LogP contribution in [0, 0.1) is 12.7 Å². The molecule has 0 unspecified atom stereocenters. The van der Waals surface area contributed by atoms with Gasteiger partial charge in [-0.1, -0.05) is 18.2 Å². The summed E-state index contributed by atoms with van der Waals surface area (Å²) in [6.07, 6.45) is 1.23. The van der Waals surface area contributed by atoms with Crippen molar-refractivity contribution in [2.24, 2.45) is 0 Å². The Hall–Kier alpha value is -1.99. The monoisotopic (exact) mass is 405 g/mol. The number of benzene rings is 2. The summed E-state index contributed by atoms with van der Waals surface area (Å²) in [5, 5.41) is 2.51. The molecular formula is C20H20FNO3S2. The molecule has 27 heavy (non-hydrogen) atoms. The van der Waals surface area contributed by atoms with E-state index in [1.807, 2.05) is 35.7 Å². The lowest BCUT2D eigenvalue weighted by molar-refractivity contribution is -0.119. The van der Waals surface area contributed by atoms with Crippen molar-refractivity contribution in [3.8, 4) is 0 Å². The number of hydrogen-bond acceptors (Lipinski definition) is 5. The zero-order chi connectivity index (χ0) is 19.2. The topological polar surface area (TPSA) is 55.4 Å². The molecule has 0 aliphatic carbocycles. The van der Waals surface area contributed by atoms with Crippen molar-refractivity contribution in [1.82, 2.24) is 0 Å². The Balaban J connectivity index is 1.50. The van der Waals surface area contributed by atoms with Gasteiger partial charge in [-0.05, 0) is 60.2 Å². The minimum atomic E-state index is -0.560. The van der Waals surface area contributed by atoms with Crippen LogP contribution in [-0.4, -0.2) is 30.0 Å². The highest BCUT2D eigenvalue weighted by Gasteiger charge is 2.17. The zero-order valence-corrected chi connectivity index (χ0v) is 16.5. The van der Waals surface area contributed by atoms with E-state index in [1.54, 1.807) is 31.2 Å². The Kier molecular flexibility index (Phi) is 6.79. The Morgan fingerprint density at radius 3 is 2.52 bits per heavy atom. The maximum atomic E-state index is 13.5. The second-order valence-electron chi connectivity index (χ2n) is 6.14. The van der Waals surface area contributed by atoms with Gasteiger partial charge in [0.05, 0.1) is 10.1 Å². The third-order valence-electron chi connectivity index (χ3n) is 4.04. The van der Waals surface area contributed by atoms with Crippen molar-refractivity contribution >= 4 is 41.1 Å². The number of thioether (sulfide) groups is 2. The maximum absolute atomic E-state index is 13.5. The van der Waals surface area contributed by atoms with Crippen LogP contribution < -0.4 is 5.32 Å². The molecule has 2 aromatic carbocycles. The van der Waals surface area contributed by atoms with Crippen LogP contribution in [0.4, 0.5) is 10.1 Å². The van der Waals surface area contributed by atoms with Crippen LogP contribution >= 0.6 is 23.5 Å². The smallest absolute Gasteiger partial charge is 0.338 e. The first-order chi connectivity index (χ1) is 13.0. The Morgan fingerprint density at radius 2 is 1.85 bits per heavy atom. The van der Waals surface area contributed by atoms with Gasteiger partial charge in [-0.3, -0.25) is 4.79 Å². The predicted molar refractivity (Wildman–Crippen MR) is 109 cm³/mol. The molecule has 0 spiro atoms. The summed E-state index contributed by atoms with van der Waals surface area (Å²) in [5.41, 5.74) is 2.40. The molecule has 4 nitrogen and oxygen atoms in total. The predicted octanol–water partition coefficient (Wildman–Crippen LogP) is 4.80. The largest absolute Gasteiger partial charge is 0.452 e. The minimum absolute atomic E-state index is 0.325. The fourth-order valence-electron chi connectivity index (χ4n) is 2.54. The van der Waals surface area contributed by atoms with Gasteiger partial charge in [0, 0.05) is 5.69 Å². The molecule has 1 saturated heterocycles. The number of halogens is 1. The van der Waals surface area contributed by atoms with Crippen LogP contribution in [0.1, 0.15) is 32.5 Å². The highest BCUT2D eigenvalue weighted by Crippen LogP contribution is 2.43. The quantitative estimate of drug-likeness (QED) is 0.725. The van der Waals surface area contributed by atoms with E-state index in [9.17, 15) is 14.0 Å². The number of carbonyl (C=O) groups excluding carboxylic acids is 2. The molecular weight excluding hydrogens is 385 g/mol. The van der Waals surface area contributed by atoms with Gasteiger partial charge in [-0.25, -0.2) is 9.18 Å². The summed E-state index contributed by atoms with van der Waals surface area (Å²) in [6.45, 7) is 1.21. The summed E-state index contributed by atoms with van der Waals surface area (Å²) in [6, 6.07) is 11.7. The average molecular weight is 406 g/mol. The van der Waals surface area contributed by atoms with Crippen LogP contribution in [0.25, 0.3) is 0 Å². The summed E-state index contributed by atoms with van der Waals surface area (Å²) in [4.78, 5) is 24.0. The lowest BCUT2D eigenvalue weighted by atomic mass is 10.1. The van der Waals surface area contributed by atoms with Crippen molar-refractivity contribution in [2.45, 2.75) is 17.9 Å². The Bertz CT molecular complexity index is 820. The summed E-state index contributed by atoms with van der Waals surface area (Å²) in [5.74, 6) is 0.830. The van der Waals surface area contributed by atoms with Gasteiger partial charge in [-0.2, -0.15) is 0 Å². The molecule has 0 bridgehead atoms. The van der Waals surface area contributed by atoms with Crippen LogP contribution in [0.3, 0.4) is 0 Å². The van der Waals surface area contributed by atoms with E-state index in [0.717, 1.165) is 11.5 Å². The van der Waals surface area contributed by atoms with E-state index >= 15 is 0 Å². The molecule has 0 atom stereocenters. The third-order valence-corrected chi connectivity index (χ3v) is 7.05. The highest BCUT2D eigenvalue weighted by atomic mass is 32.2. The number of rotatable bonds is 5. The lowest BCUT2D eigenvalue weighted by Crippen LogP contribution is -2.21. The van der Waals surface area contributed by atoms with Crippen molar-refractivity contribution < 1.29 is 18.7 Å². The van der Waals surface area contributed by atoms with Gasteiger partial charge >= 0.3 is 5.97 Å². The number of ether oxygens (including phenoxy) is 1. The van der Waals surface area contributed by atoms with E-state index in [1.165, 1.54) is 18.1 Å². The standard InChI is InChI=1S/C20H20FNO3S2/c1-13-3-8-16(11-17(13)21)22-18(23)12-25-19(24)14-4-6-15(7-5-14)20-26-9-2-10-27-20/h3-8,11,20H,2,9-10,12H2,1H3,(H,22,23).